The van der Waals surface area contributed by atoms with Gasteiger partial charge in [0, 0.05) is 6.07 Å². The van der Waals surface area contributed by atoms with Gasteiger partial charge in [0.1, 0.15) is 23.1 Å². The molecule has 0 radical (unpaired) electrons. The number of benzene rings is 4. The lowest BCUT2D eigenvalue weighted by Crippen LogP contribution is -2.13. The molecule has 0 aliphatic heterocycles. The summed E-state index contributed by atoms with van der Waals surface area (Å²) in [6, 6.07) is 23.4. The van der Waals surface area contributed by atoms with Gasteiger partial charge in [0.2, 0.25) is 0 Å². The Bertz CT molecular complexity index is 1520. The first-order valence-corrected chi connectivity index (χ1v) is 14.2. The molecule has 1 aliphatic carbocycles. The Morgan fingerprint density at radius 2 is 1.21 bits per heavy atom. The first kappa shape index (κ1) is 30.6. The molecule has 0 N–H and O–H groups in total. The number of hydrogen-bond acceptors (Lipinski definition) is 4. The average Bonchev–Trinajstić information content (AvgIpc) is 2.97. The van der Waals surface area contributed by atoms with E-state index >= 15 is 0 Å². The summed E-state index contributed by atoms with van der Waals surface area (Å²) in [5.74, 6) is -0.224. The number of esters is 2. The van der Waals surface area contributed by atoms with Crippen molar-refractivity contribution < 1.29 is 27.8 Å². The Balaban J connectivity index is 0.000000201. The van der Waals surface area contributed by atoms with Gasteiger partial charge in [-0.15, -0.1) is 0 Å². The maximum atomic E-state index is 14.4. The fourth-order valence-corrected chi connectivity index (χ4v) is 4.81. The third-order valence-electron chi connectivity index (χ3n) is 7.57. The van der Waals surface area contributed by atoms with Gasteiger partial charge in [-0.1, -0.05) is 67.3 Å². The molecule has 4 aromatic carbocycles. The predicted molar refractivity (Wildman–Crippen MR) is 160 cm³/mol. The molecule has 1 aliphatic rings. The molecule has 1 fully saturated rings. The van der Waals surface area contributed by atoms with Gasteiger partial charge in [-0.05, 0) is 99.0 Å². The van der Waals surface area contributed by atoms with Crippen molar-refractivity contribution in [2.24, 2.45) is 5.92 Å². The highest BCUT2D eigenvalue weighted by Crippen LogP contribution is 2.36. The lowest BCUT2D eigenvalue weighted by Gasteiger charge is -2.26. The van der Waals surface area contributed by atoms with Crippen molar-refractivity contribution in [3.8, 4) is 11.5 Å². The standard InChI is InChI=1S/C21H23FO2.C15H13FO2/c1-14-3-7-16(8-4-14)17-9-12-19(20(22)13-17)21(23)24-18-10-5-15(2)6-11-18;1-10-3-6-12(7-4-10)15(17)18-13-8-5-11(2)14(16)9-13/h5-6,9-14,16H,3-4,7-8H2,1-2H3;3-9H,1-2H3. The van der Waals surface area contributed by atoms with Gasteiger partial charge in [0.15, 0.2) is 0 Å². The summed E-state index contributed by atoms with van der Waals surface area (Å²) in [5.41, 5.74) is 4.08. The third-order valence-corrected chi connectivity index (χ3v) is 7.57. The smallest absolute Gasteiger partial charge is 0.346 e. The minimum absolute atomic E-state index is 0.0106. The molecule has 4 aromatic rings. The summed E-state index contributed by atoms with van der Waals surface area (Å²) in [6.07, 6.45) is 4.55. The van der Waals surface area contributed by atoms with E-state index in [9.17, 15) is 18.4 Å². The highest BCUT2D eigenvalue weighted by Gasteiger charge is 2.22. The van der Waals surface area contributed by atoms with E-state index in [2.05, 4.69) is 6.92 Å². The van der Waals surface area contributed by atoms with Crippen molar-refractivity contribution in [1.82, 2.24) is 0 Å². The molecule has 5 rings (SSSR count). The highest BCUT2D eigenvalue weighted by atomic mass is 19.1. The Kier molecular flexibility index (Phi) is 10.2. The van der Waals surface area contributed by atoms with E-state index in [1.54, 1.807) is 49.4 Å². The fraction of sp³-hybridized carbons (Fsp3) is 0.278. The van der Waals surface area contributed by atoms with E-state index in [1.807, 2.05) is 44.2 Å². The van der Waals surface area contributed by atoms with Gasteiger partial charge in [0.25, 0.3) is 0 Å². The monoisotopic (exact) mass is 570 g/mol. The lowest BCUT2D eigenvalue weighted by molar-refractivity contribution is 0.0722. The summed E-state index contributed by atoms with van der Waals surface area (Å²) in [6.45, 7) is 7.81. The molecule has 0 heterocycles. The van der Waals surface area contributed by atoms with E-state index < -0.39 is 17.8 Å². The Morgan fingerprint density at radius 1 is 0.643 bits per heavy atom. The van der Waals surface area contributed by atoms with Crippen LogP contribution in [0, 0.1) is 38.3 Å². The zero-order chi connectivity index (χ0) is 30.2. The molecule has 42 heavy (non-hydrogen) atoms. The Hall–Kier alpha value is -4.32. The van der Waals surface area contributed by atoms with Crippen LogP contribution in [0.2, 0.25) is 0 Å². The largest absolute Gasteiger partial charge is 0.423 e. The van der Waals surface area contributed by atoms with Crippen LogP contribution in [0.3, 0.4) is 0 Å². The number of hydrogen-bond donors (Lipinski definition) is 0. The average molecular weight is 571 g/mol. The second-order valence-corrected chi connectivity index (χ2v) is 11.1. The molecule has 0 unspecified atom stereocenters. The summed E-state index contributed by atoms with van der Waals surface area (Å²) in [4.78, 5) is 24.0. The molecular weight excluding hydrogens is 534 g/mol. The predicted octanol–water partition coefficient (Wildman–Crippen LogP) is 9.31. The molecule has 0 bridgehead atoms. The molecule has 0 saturated heterocycles. The van der Waals surface area contributed by atoms with Gasteiger partial charge < -0.3 is 9.47 Å². The second kappa shape index (κ2) is 14.0. The molecular formula is C36H36F2O4. The third kappa shape index (κ3) is 8.35. The molecule has 0 atom stereocenters. The molecule has 218 valence electrons. The summed E-state index contributed by atoms with van der Waals surface area (Å²) in [5, 5.41) is 0. The maximum Gasteiger partial charge on any atom is 0.346 e. The molecule has 0 aromatic heterocycles. The zero-order valence-corrected chi connectivity index (χ0v) is 24.5. The van der Waals surface area contributed by atoms with Crippen molar-refractivity contribution in [3.05, 3.63) is 130 Å². The van der Waals surface area contributed by atoms with Crippen molar-refractivity contribution in [3.63, 3.8) is 0 Å². The number of rotatable bonds is 5. The summed E-state index contributed by atoms with van der Waals surface area (Å²) >= 11 is 0. The first-order valence-electron chi connectivity index (χ1n) is 14.2. The second-order valence-electron chi connectivity index (χ2n) is 11.1. The van der Waals surface area contributed by atoms with Gasteiger partial charge in [-0.3, -0.25) is 0 Å². The number of ether oxygens (including phenoxy) is 2. The number of carbonyl (C=O) groups is 2. The van der Waals surface area contributed by atoms with Crippen LogP contribution >= 0.6 is 0 Å². The van der Waals surface area contributed by atoms with Crippen LogP contribution in [0.1, 0.15) is 81.5 Å². The van der Waals surface area contributed by atoms with Crippen LogP contribution < -0.4 is 9.47 Å². The van der Waals surface area contributed by atoms with Crippen LogP contribution in [0.4, 0.5) is 8.78 Å². The molecule has 6 heteroatoms. The van der Waals surface area contributed by atoms with Crippen LogP contribution in [0.25, 0.3) is 0 Å². The van der Waals surface area contributed by atoms with Gasteiger partial charge in [0.05, 0.1) is 11.1 Å². The van der Waals surface area contributed by atoms with E-state index in [4.69, 9.17) is 9.47 Å². The molecule has 4 nitrogen and oxygen atoms in total. The first-order chi connectivity index (χ1) is 20.1. The summed E-state index contributed by atoms with van der Waals surface area (Å²) in [7, 11) is 0. The van der Waals surface area contributed by atoms with Gasteiger partial charge in [-0.2, -0.15) is 0 Å². The minimum atomic E-state index is -0.653. The van der Waals surface area contributed by atoms with Crippen LogP contribution in [0.5, 0.6) is 11.5 Å². The number of aryl methyl sites for hydroxylation is 3. The van der Waals surface area contributed by atoms with Crippen molar-refractivity contribution in [2.75, 3.05) is 0 Å². The van der Waals surface area contributed by atoms with E-state index in [1.165, 1.54) is 25.0 Å². The van der Waals surface area contributed by atoms with Gasteiger partial charge in [-0.25, -0.2) is 18.4 Å². The van der Waals surface area contributed by atoms with Gasteiger partial charge >= 0.3 is 11.9 Å². The SMILES string of the molecule is Cc1ccc(C(=O)Oc2ccc(C)c(F)c2)cc1.Cc1ccc(OC(=O)c2ccc(C3CCC(C)CC3)cc2F)cc1. The Labute approximate surface area is 246 Å². The van der Waals surface area contributed by atoms with Crippen LogP contribution in [-0.4, -0.2) is 11.9 Å². The van der Waals surface area contributed by atoms with Crippen molar-refractivity contribution in [1.29, 1.82) is 0 Å². The zero-order valence-electron chi connectivity index (χ0n) is 24.5. The van der Waals surface area contributed by atoms with E-state index in [-0.39, 0.29) is 17.1 Å². The van der Waals surface area contributed by atoms with Crippen LogP contribution in [0.15, 0.2) is 84.9 Å². The highest BCUT2D eigenvalue weighted by molar-refractivity contribution is 5.91. The van der Waals surface area contributed by atoms with Crippen molar-refractivity contribution >= 4 is 11.9 Å². The van der Waals surface area contributed by atoms with E-state index in [0.717, 1.165) is 35.4 Å². The molecule has 1 saturated carbocycles. The normalized spacial score (nSPS) is 16.1. The van der Waals surface area contributed by atoms with Crippen molar-refractivity contribution in [2.45, 2.75) is 59.3 Å². The molecule has 0 amide bonds. The quantitative estimate of drug-likeness (QED) is 0.177. The Morgan fingerprint density at radius 3 is 1.81 bits per heavy atom. The lowest BCUT2D eigenvalue weighted by atomic mass is 9.79. The number of halogens is 2. The molecule has 0 spiro atoms. The minimum Gasteiger partial charge on any atom is -0.423 e. The summed E-state index contributed by atoms with van der Waals surface area (Å²) < 4.78 is 38.0. The van der Waals surface area contributed by atoms with E-state index in [0.29, 0.717) is 22.8 Å². The maximum absolute atomic E-state index is 14.4. The topological polar surface area (TPSA) is 52.6 Å². The van der Waals surface area contributed by atoms with Crippen LogP contribution in [-0.2, 0) is 0 Å². The fourth-order valence-electron chi connectivity index (χ4n) is 4.81. The number of carbonyl (C=O) groups excluding carboxylic acids is 2.